The zero-order chi connectivity index (χ0) is 19.2. The van der Waals surface area contributed by atoms with Crippen LogP contribution in [0.25, 0.3) is 21.9 Å². The maximum Gasteiger partial charge on any atom is 0.266 e. The molecule has 0 radical (unpaired) electrons. The SMILES string of the molecule is O=C(NS(=O)(=O)c1ccc2oc3ccccc3c2c1)c1ccc(Cl)cc1Cl. The van der Waals surface area contributed by atoms with Crippen LogP contribution in [-0.4, -0.2) is 14.3 Å². The van der Waals surface area contributed by atoms with Gasteiger partial charge in [-0.3, -0.25) is 4.79 Å². The molecule has 4 rings (SSSR count). The number of amides is 1. The Kier molecular flexibility index (Phi) is 4.34. The third kappa shape index (κ3) is 3.27. The molecule has 0 fully saturated rings. The number of halogens is 2. The summed E-state index contributed by atoms with van der Waals surface area (Å²) in [5, 5.41) is 1.84. The van der Waals surface area contributed by atoms with Gasteiger partial charge in [-0.05, 0) is 42.5 Å². The Balaban J connectivity index is 1.73. The highest BCUT2D eigenvalue weighted by Crippen LogP contribution is 2.30. The second-order valence-electron chi connectivity index (χ2n) is 5.81. The summed E-state index contributed by atoms with van der Waals surface area (Å²) in [6.45, 7) is 0. The number of para-hydroxylation sites is 1. The summed E-state index contributed by atoms with van der Waals surface area (Å²) in [5.41, 5.74) is 1.22. The highest BCUT2D eigenvalue weighted by Gasteiger charge is 2.21. The monoisotopic (exact) mass is 419 g/mol. The average Bonchev–Trinajstić information content (AvgIpc) is 2.99. The summed E-state index contributed by atoms with van der Waals surface area (Å²) in [7, 11) is -4.11. The largest absolute Gasteiger partial charge is 0.456 e. The fraction of sp³-hybridized carbons (Fsp3) is 0. The fourth-order valence-electron chi connectivity index (χ4n) is 2.78. The van der Waals surface area contributed by atoms with Gasteiger partial charge in [0.05, 0.1) is 15.5 Å². The lowest BCUT2D eigenvalue weighted by molar-refractivity contribution is 0.0981. The Hall–Kier alpha value is -2.54. The second kappa shape index (κ2) is 6.56. The van der Waals surface area contributed by atoms with Crippen LogP contribution in [0.5, 0.6) is 0 Å². The van der Waals surface area contributed by atoms with Crippen LogP contribution < -0.4 is 4.72 Å². The maximum absolute atomic E-state index is 12.7. The van der Waals surface area contributed by atoms with Crippen molar-refractivity contribution in [2.45, 2.75) is 4.90 Å². The third-order valence-corrected chi connectivity index (χ3v) is 5.94. The lowest BCUT2D eigenvalue weighted by Crippen LogP contribution is -2.30. The highest BCUT2D eigenvalue weighted by atomic mass is 35.5. The number of carbonyl (C=O) groups is 1. The van der Waals surface area contributed by atoms with E-state index in [1.807, 2.05) is 22.9 Å². The number of fused-ring (bicyclic) bond motifs is 3. The normalized spacial score (nSPS) is 11.8. The molecule has 0 unspecified atom stereocenters. The van der Waals surface area contributed by atoms with Crippen LogP contribution in [0.15, 0.2) is 70.0 Å². The van der Waals surface area contributed by atoms with E-state index in [0.29, 0.717) is 21.6 Å². The summed E-state index contributed by atoms with van der Waals surface area (Å²) < 4.78 is 33.0. The molecule has 136 valence electrons. The summed E-state index contributed by atoms with van der Waals surface area (Å²) in [6, 6.07) is 15.9. The Morgan fingerprint density at radius 2 is 1.63 bits per heavy atom. The van der Waals surface area contributed by atoms with Gasteiger partial charge in [0.1, 0.15) is 11.2 Å². The van der Waals surface area contributed by atoms with Crippen LogP contribution in [-0.2, 0) is 10.0 Å². The molecule has 5 nitrogen and oxygen atoms in total. The van der Waals surface area contributed by atoms with Gasteiger partial charge in [0.15, 0.2) is 0 Å². The number of furan rings is 1. The molecule has 0 aliphatic rings. The van der Waals surface area contributed by atoms with Gasteiger partial charge in [-0.15, -0.1) is 0 Å². The number of benzene rings is 3. The zero-order valence-electron chi connectivity index (χ0n) is 13.6. The van der Waals surface area contributed by atoms with Crippen molar-refractivity contribution in [2.75, 3.05) is 0 Å². The Labute approximate surface area is 164 Å². The first kappa shape index (κ1) is 17.9. The van der Waals surface area contributed by atoms with Crippen molar-refractivity contribution in [1.29, 1.82) is 0 Å². The molecule has 0 saturated carbocycles. The van der Waals surface area contributed by atoms with Gasteiger partial charge in [0, 0.05) is 15.8 Å². The third-order valence-electron chi connectivity index (χ3n) is 4.06. The molecular weight excluding hydrogens is 409 g/mol. The van der Waals surface area contributed by atoms with Gasteiger partial charge < -0.3 is 4.42 Å². The number of sulfonamides is 1. The van der Waals surface area contributed by atoms with Gasteiger partial charge in [0.2, 0.25) is 0 Å². The smallest absolute Gasteiger partial charge is 0.266 e. The molecule has 1 aromatic heterocycles. The molecule has 3 aromatic carbocycles. The molecule has 8 heteroatoms. The lowest BCUT2D eigenvalue weighted by atomic mass is 10.1. The van der Waals surface area contributed by atoms with E-state index in [-0.39, 0.29) is 15.5 Å². The van der Waals surface area contributed by atoms with Crippen LogP contribution in [0.4, 0.5) is 0 Å². The van der Waals surface area contributed by atoms with Crippen LogP contribution in [0, 0.1) is 0 Å². The minimum absolute atomic E-state index is 0.0134. The fourth-order valence-corrected chi connectivity index (χ4v) is 4.27. The predicted molar refractivity (Wildman–Crippen MR) is 105 cm³/mol. The first-order chi connectivity index (χ1) is 12.8. The highest BCUT2D eigenvalue weighted by molar-refractivity contribution is 7.90. The van der Waals surface area contributed by atoms with Gasteiger partial charge in [-0.25, -0.2) is 13.1 Å². The quantitative estimate of drug-likeness (QED) is 0.506. The number of rotatable bonds is 3. The van der Waals surface area contributed by atoms with Crippen molar-refractivity contribution in [3.05, 3.63) is 76.3 Å². The maximum atomic E-state index is 12.7. The van der Waals surface area contributed by atoms with Crippen LogP contribution in [0.2, 0.25) is 10.0 Å². The van der Waals surface area contributed by atoms with Gasteiger partial charge >= 0.3 is 0 Å². The van der Waals surface area contributed by atoms with Crippen molar-refractivity contribution in [1.82, 2.24) is 4.72 Å². The average molecular weight is 420 g/mol. The first-order valence-electron chi connectivity index (χ1n) is 7.79. The van der Waals surface area contributed by atoms with E-state index in [4.69, 9.17) is 27.6 Å². The summed E-state index contributed by atoms with van der Waals surface area (Å²) in [5.74, 6) is -0.839. The number of carbonyl (C=O) groups excluding carboxylic acids is 1. The molecule has 1 heterocycles. The second-order valence-corrected chi connectivity index (χ2v) is 8.34. The van der Waals surface area contributed by atoms with E-state index in [0.717, 1.165) is 5.39 Å². The molecular formula is C19H11Cl2NO4S. The number of hydrogen-bond donors (Lipinski definition) is 1. The van der Waals surface area contributed by atoms with Crippen LogP contribution >= 0.6 is 23.2 Å². The van der Waals surface area contributed by atoms with Crippen LogP contribution in [0.3, 0.4) is 0 Å². The molecule has 0 saturated heterocycles. The molecule has 0 bridgehead atoms. The Morgan fingerprint density at radius 3 is 2.41 bits per heavy atom. The molecule has 0 atom stereocenters. The van der Waals surface area contributed by atoms with Gasteiger partial charge in [0.25, 0.3) is 15.9 Å². The van der Waals surface area contributed by atoms with Gasteiger partial charge in [-0.2, -0.15) is 0 Å². The summed E-state index contributed by atoms with van der Waals surface area (Å²) in [6.07, 6.45) is 0. The standard InChI is InChI=1S/C19H11Cl2NO4S/c20-11-5-7-14(16(21)9-11)19(23)22-27(24,25)12-6-8-18-15(10-12)13-3-1-2-4-17(13)26-18/h1-10H,(H,22,23). The van der Waals surface area contributed by atoms with Crippen molar-refractivity contribution in [3.8, 4) is 0 Å². The van der Waals surface area contributed by atoms with Crippen molar-refractivity contribution in [3.63, 3.8) is 0 Å². The molecule has 4 aromatic rings. The van der Waals surface area contributed by atoms with E-state index in [9.17, 15) is 13.2 Å². The molecule has 1 amide bonds. The van der Waals surface area contributed by atoms with E-state index >= 15 is 0 Å². The minimum Gasteiger partial charge on any atom is -0.456 e. The molecule has 27 heavy (non-hydrogen) atoms. The van der Waals surface area contributed by atoms with Crippen molar-refractivity contribution >= 4 is 61.1 Å². The summed E-state index contributed by atoms with van der Waals surface area (Å²) in [4.78, 5) is 12.3. The number of nitrogens with one attached hydrogen (secondary N) is 1. The van der Waals surface area contributed by atoms with E-state index in [1.54, 1.807) is 12.1 Å². The van der Waals surface area contributed by atoms with E-state index < -0.39 is 15.9 Å². The first-order valence-corrected chi connectivity index (χ1v) is 10.0. The lowest BCUT2D eigenvalue weighted by Gasteiger charge is -2.08. The van der Waals surface area contributed by atoms with Crippen LogP contribution in [0.1, 0.15) is 10.4 Å². The van der Waals surface area contributed by atoms with E-state index in [1.165, 1.54) is 30.3 Å². The number of hydrogen-bond acceptors (Lipinski definition) is 4. The Bertz CT molecular complexity index is 1310. The molecule has 0 aliphatic heterocycles. The molecule has 0 aliphatic carbocycles. The molecule has 1 N–H and O–H groups in total. The van der Waals surface area contributed by atoms with Crippen molar-refractivity contribution < 1.29 is 17.6 Å². The van der Waals surface area contributed by atoms with Crippen molar-refractivity contribution in [2.24, 2.45) is 0 Å². The predicted octanol–water partition coefficient (Wildman–Crippen LogP) is 5.01. The van der Waals surface area contributed by atoms with E-state index in [2.05, 4.69) is 0 Å². The topological polar surface area (TPSA) is 76.4 Å². The Morgan fingerprint density at radius 1 is 0.889 bits per heavy atom. The zero-order valence-corrected chi connectivity index (χ0v) is 15.9. The molecule has 0 spiro atoms. The van der Waals surface area contributed by atoms with Gasteiger partial charge in [-0.1, -0.05) is 41.4 Å². The minimum atomic E-state index is -4.11. The summed E-state index contributed by atoms with van der Waals surface area (Å²) >= 11 is 11.8.